The monoisotopic (exact) mass is 494 g/mol. The third kappa shape index (κ3) is 4.56. The maximum Gasteiger partial charge on any atom is 0.251 e. The van der Waals surface area contributed by atoms with Gasteiger partial charge in [-0.05, 0) is 74.8 Å². The Morgan fingerprint density at radius 2 is 1.89 bits per heavy atom. The number of rotatable bonds is 5. The molecular formula is C29H27FN6O. The quantitative estimate of drug-likeness (QED) is 0.357. The number of hydrogen-bond acceptors (Lipinski definition) is 5. The van der Waals surface area contributed by atoms with Crippen molar-refractivity contribution in [3.8, 4) is 22.4 Å². The first-order chi connectivity index (χ1) is 18.1. The predicted molar refractivity (Wildman–Crippen MR) is 143 cm³/mol. The smallest absolute Gasteiger partial charge is 0.251 e. The minimum atomic E-state index is -0.424. The molecule has 1 aromatic carbocycles. The van der Waals surface area contributed by atoms with Crippen LogP contribution in [0.4, 0.5) is 4.39 Å². The number of likely N-dealkylation sites (tertiary alicyclic amines) is 1. The molecule has 1 aliphatic rings. The fourth-order valence-electron chi connectivity index (χ4n) is 5.08. The van der Waals surface area contributed by atoms with Gasteiger partial charge in [0, 0.05) is 46.4 Å². The van der Waals surface area contributed by atoms with E-state index in [1.807, 2.05) is 18.2 Å². The van der Waals surface area contributed by atoms with Crippen molar-refractivity contribution in [1.29, 1.82) is 0 Å². The number of benzene rings is 1. The molecule has 7 nitrogen and oxygen atoms in total. The van der Waals surface area contributed by atoms with Gasteiger partial charge in [0.1, 0.15) is 11.5 Å². The van der Waals surface area contributed by atoms with E-state index in [-0.39, 0.29) is 5.91 Å². The van der Waals surface area contributed by atoms with Crippen LogP contribution in [0.1, 0.15) is 23.2 Å². The maximum absolute atomic E-state index is 15.3. The second-order valence-corrected chi connectivity index (χ2v) is 9.72. The van der Waals surface area contributed by atoms with Gasteiger partial charge in [-0.15, -0.1) is 0 Å². The van der Waals surface area contributed by atoms with Gasteiger partial charge in [0.05, 0.1) is 23.6 Å². The van der Waals surface area contributed by atoms with Crippen LogP contribution in [0.15, 0.2) is 67.3 Å². The molecule has 0 spiro atoms. The summed E-state index contributed by atoms with van der Waals surface area (Å²) in [5.74, 6) is -0.0238. The zero-order valence-corrected chi connectivity index (χ0v) is 20.5. The molecule has 2 N–H and O–H groups in total. The van der Waals surface area contributed by atoms with Crippen molar-refractivity contribution in [3.05, 3.63) is 78.6 Å². The Morgan fingerprint density at radius 1 is 1.08 bits per heavy atom. The third-order valence-corrected chi connectivity index (χ3v) is 7.24. The Balaban J connectivity index is 1.31. The number of hydrogen-bond donors (Lipinski definition) is 2. The molecule has 1 saturated heterocycles. The molecule has 0 unspecified atom stereocenters. The summed E-state index contributed by atoms with van der Waals surface area (Å²) >= 11 is 0. The van der Waals surface area contributed by atoms with Gasteiger partial charge in [-0.25, -0.2) is 9.37 Å². The van der Waals surface area contributed by atoms with E-state index in [2.05, 4.69) is 37.2 Å². The van der Waals surface area contributed by atoms with E-state index >= 15 is 4.39 Å². The summed E-state index contributed by atoms with van der Waals surface area (Å²) in [6.07, 6.45) is 8.61. The Morgan fingerprint density at radius 3 is 2.65 bits per heavy atom. The van der Waals surface area contributed by atoms with E-state index in [0.29, 0.717) is 40.2 Å². The number of fused-ring (bicyclic) bond motifs is 3. The molecule has 37 heavy (non-hydrogen) atoms. The zero-order chi connectivity index (χ0) is 25.4. The standard InChI is InChI=1S/C29H27FN6O/c1-36-11-8-18(9-12-36)14-34-29(37)20-6-4-19(5-7-20)26-23(30)16-33-28-27(26)22-13-24(32-17-25(22)35-28)21-3-2-10-31-15-21/h2-7,10,13,15-18H,8-9,11-12,14H2,1H3,(H,33,35)(H,34,37). The van der Waals surface area contributed by atoms with Gasteiger partial charge in [0.15, 0.2) is 0 Å². The number of H-pyrrole nitrogens is 1. The number of nitrogens with zero attached hydrogens (tertiary/aromatic N) is 4. The minimum Gasteiger partial charge on any atom is -0.352 e. The number of aromatic nitrogens is 4. The van der Waals surface area contributed by atoms with E-state index in [1.54, 1.807) is 42.9 Å². The van der Waals surface area contributed by atoms with Gasteiger partial charge in [0.2, 0.25) is 0 Å². The first-order valence-electron chi connectivity index (χ1n) is 12.5. The fraction of sp³-hybridized carbons (Fsp3) is 0.241. The van der Waals surface area contributed by atoms with Crippen molar-refractivity contribution < 1.29 is 9.18 Å². The van der Waals surface area contributed by atoms with Crippen LogP contribution in [0, 0.1) is 11.7 Å². The number of carbonyl (C=O) groups excluding carboxylic acids is 1. The van der Waals surface area contributed by atoms with Gasteiger partial charge in [-0.3, -0.25) is 14.8 Å². The lowest BCUT2D eigenvalue weighted by Gasteiger charge is -2.28. The number of nitrogens with one attached hydrogen (secondary N) is 2. The summed E-state index contributed by atoms with van der Waals surface area (Å²) in [5.41, 5.74) is 4.65. The van der Waals surface area contributed by atoms with E-state index in [4.69, 9.17) is 0 Å². The summed E-state index contributed by atoms with van der Waals surface area (Å²) < 4.78 is 15.3. The molecule has 1 amide bonds. The average Bonchev–Trinajstić information content (AvgIpc) is 3.31. The van der Waals surface area contributed by atoms with Crippen LogP contribution in [0.5, 0.6) is 0 Å². The van der Waals surface area contributed by atoms with Crippen molar-refractivity contribution in [2.24, 2.45) is 5.92 Å². The fourth-order valence-corrected chi connectivity index (χ4v) is 5.08. The summed E-state index contributed by atoms with van der Waals surface area (Å²) in [5, 5.41) is 4.57. The molecule has 0 atom stereocenters. The molecule has 0 bridgehead atoms. The predicted octanol–water partition coefficient (Wildman–Crippen LogP) is 5.05. The van der Waals surface area contributed by atoms with Gasteiger partial charge in [-0.1, -0.05) is 12.1 Å². The lowest BCUT2D eigenvalue weighted by Crippen LogP contribution is -2.36. The van der Waals surface area contributed by atoms with Crippen LogP contribution in [-0.2, 0) is 0 Å². The third-order valence-electron chi connectivity index (χ3n) is 7.24. The second-order valence-electron chi connectivity index (χ2n) is 9.72. The Labute approximate surface area is 213 Å². The Hall–Kier alpha value is -4.17. The molecule has 4 aromatic heterocycles. The minimum absolute atomic E-state index is 0.106. The molecule has 1 fully saturated rings. The highest BCUT2D eigenvalue weighted by molar-refractivity contribution is 6.13. The molecule has 1 aliphatic heterocycles. The lowest BCUT2D eigenvalue weighted by molar-refractivity contribution is 0.0939. The molecule has 6 rings (SSSR count). The number of carbonyl (C=O) groups is 1. The van der Waals surface area contributed by atoms with Gasteiger partial charge < -0.3 is 15.2 Å². The normalized spacial score (nSPS) is 14.9. The number of halogens is 1. The van der Waals surface area contributed by atoms with E-state index in [1.165, 1.54) is 6.20 Å². The molecule has 5 aromatic rings. The molecule has 0 aliphatic carbocycles. The van der Waals surface area contributed by atoms with Crippen LogP contribution >= 0.6 is 0 Å². The highest BCUT2D eigenvalue weighted by Gasteiger charge is 2.19. The molecule has 8 heteroatoms. The number of pyridine rings is 3. The highest BCUT2D eigenvalue weighted by Crippen LogP contribution is 2.36. The van der Waals surface area contributed by atoms with Crippen LogP contribution < -0.4 is 5.32 Å². The van der Waals surface area contributed by atoms with Crippen molar-refractivity contribution in [2.45, 2.75) is 12.8 Å². The highest BCUT2D eigenvalue weighted by atomic mass is 19.1. The van der Waals surface area contributed by atoms with Gasteiger partial charge in [-0.2, -0.15) is 0 Å². The van der Waals surface area contributed by atoms with E-state index < -0.39 is 5.82 Å². The van der Waals surface area contributed by atoms with Gasteiger partial charge >= 0.3 is 0 Å². The SMILES string of the molecule is CN1CCC(CNC(=O)c2ccc(-c3c(F)cnc4[nH]c5cnc(-c6cccnc6)cc5c34)cc2)CC1. The van der Waals surface area contributed by atoms with Crippen LogP contribution in [0.25, 0.3) is 44.3 Å². The van der Waals surface area contributed by atoms with Gasteiger partial charge in [0.25, 0.3) is 5.91 Å². The van der Waals surface area contributed by atoms with E-state index in [0.717, 1.165) is 48.1 Å². The maximum atomic E-state index is 15.3. The van der Waals surface area contributed by atoms with Crippen LogP contribution in [-0.4, -0.2) is 57.4 Å². The summed E-state index contributed by atoms with van der Waals surface area (Å²) in [4.78, 5) is 31.3. The van der Waals surface area contributed by atoms with Crippen LogP contribution in [0.2, 0.25) is 0 Å². The molecule has 186 valence electrons. The zero-order valence-electron chi connectivity index (χ0n) is 20.5. The summed E-state index contributed by atoms with van der Waals surface area (Å²) in [6.45, 7) is 2.81. The van der Waals surface area contributed by atoms with E-state index in [9.17, 15) is 4.79 Å². The second kappa shape index (κ2) is 9.71. The van der Waals surface area contributed by atoms with Crippen molar-refractivity contribution in [3.63, 3.8) is 0 Å². The largest absolute Gasteiger partial charge is 0.352 e. The van der Waals surface area contributed by atoms with Crippen molar-refractivity contribution >= 4 is 27.8 Å². The first kappa shape index (κ1) is 23.2. The van der Waals surface area contributed by atoms with Crippen molar-refractivity contribution in [1.82, 2.24) is 30.2 Å². The average molecular weight is 495 g/mol. The van der Waals surface area contributed by atoms with Crippen molar-refractivity contribution in [2.75, 3.05) is 26.7 Å². The number of amides is 1. The molecular weight excluding hydrogens is 467 g/mol. The number of piperidine rings is 1. The lowest BCUT2D eigenvalue weighted by atomic mass is 9.97. The molecule has 5 heterocycles. The first-order valence-corrected chi connectivity index (χ1v) is 12.5. The molecule has 0 saturated carbocycles. The topological polar surface area (TPSA) is 86.8 Å². The Bertz CT molecular complexity index is 1570. The summed E-state index contributed by atoms with van der Waals surface area (Å²) in [7, 11) is 2.13. The molecule has 0 radical (unpaired) electrons. The number of aromatic amines is 1. The summed E-state index contributed by atoms with van der Waals surface area (Å²) in [6, 6.07) is 12.8. The Kier molecular flexibility index (Phi) is 6.10. The van der Waals surface area contributed by atoms with Crippen LogP contribution in [0.3, 0.4) is 0 Å².